The van der Waals surface area contributed by atoms with Crippen molar-refractivity contribution in [3.8, 4) is 0 Å². The highest BCUT2D eigenvalue weighted by Gasteiger charge is 2.26. The fraction of sp³-hybridized carbons (Fsp3) is 0.154. The molecule has 2 aromatic rings. The Morgan fingerprint density at radius 2 is 2.05 bits per heavy atom. The van der Waals surface area contributed by atoms with Crippen LogP contribution in [0, 0.1) is 11.6 Å². The molecular formula is C13H11F2NO4S2. The Hall–Kier alpha value is -1.84. The van der Waals surface area contributed by atoms with E-state index in [1.807, 2.05) is 0 Å². The first-order valence-corrected chi connectivity index (χ1v) is 8.43. The lowest BCUT2D eigenvalue weighted by molar-refractivity contribution is -0.137. The molecule has 0 saturated carbocycles. The fourth-order valence-electron chi connectivity index (χ4n) is 1.83. The van der Waals surface area contributed by atoms with Crippen LogP contribution in [0.4, 0.5) is 8.78 Å². The predicted molar refractivity (Wildman–Crippen MR) is 76.0 cm³/mol. The number of carbonyl (C=O) groups is 1. The summed E-state index contributed by atoms with van der Waals surface area (Å²) in [5, 5.41) is 11.8. The molecule has 0 fully saturated rings. The number of carboxylic acids is 1. The number of carboxylic acid groups (broad SMARTS) is 1. The highest BCUT2D eigenvalue weighted by molar-refractivity contribution is 7.89. The van der Waals surface area contributed by atoms with E-state index in [1.54, 1.807) is 5.38 Å². The zero-order chi connectivity index (χ0) is 16.3. The third-order valence-corrected chi connectivity index (χ3v) is 5.12. The molecule has 0 unspecified atom stereocenters. The second-order valence-corrected chi connectivity index (χ2v) is 6.89. The van der Waals surface area contributed by atoms with Crippen molar-refractivity contribution in [3.05, 3.63) is 52.2 Å². The third kappa shape index (κ3) is 3.87. The monoisotopic (exact) mass is 347 g/mol. The van der Waals surface area contributed by atoms with Crippen molar-refractivity contribution >= 4 is 27.3 Å². The Kier molecular flexibility index (Phi) is 4.89. The average molecular weight is 347 g/mol. The lowest BCUT2D eigenvalue weighted by Crippen LogP contribution is -2.30. The first kappa shape index (κ1) is 16.5. The minimum atomic E-state index is -4.00. The number of benzene rings is 1. The van der Waals surface area contributed by atoms with Gasteiger partial charge in [0.1, 0.15) is 11.6 Å². The highest BCUT2D eigenvalue weighted by Crippen LogP contribution is 2.24. The van der Waals surface area contributed by atoms with Crippen molar-refractivity contribution in [2.24, 2.45) is 0 Å². The van der Waals surface area contributed by atoms with Crippen LogP contribution in [-0.2, 0) is 14.8 Å². The van der Waals surface area contributed by atoms with Gasteiger partial charge in [-0.3, -0.25) is 4.79 Å². The van der Waals surface area contributed by atoms with Gasteiger partial charge in [0.05, 0.1) is 17.4 Å². The summed E-state index contributed by atoms with van der Waals surface area (Å²) in [6.07, 6.45) is -0.675. The molecule has 1 aromatic carbocycles. The minimum Gasteiger partial charge on any atom is -0.481 e. The molecule has 2 rings (SSSR count). The molecule has 0 saturated heterocycles. The first-order valence-electron chi connectivity index (χ1n) is 6.01. The van der Waals surface area contributed by atoms with E-state index in [1.165, 1.54) is 11.4 Å². The minimum absolute atomic E-state index is 0.0459. The van der Waals surface area contributed by atoms with Crippen molar-refractivity contribution in [2.75, 3.05) is 0 Å². The van der Waals surface area contributed by atoms with Crippen LogP contribution < -0.4 is 4.72 Å². The average Bonchev–Trinajstić information content (AvgIpc) is 2.91. The largest absolute Gasteiger partial charge is 0.481 e. The second-order valence-electron chi connectivity index (χ2n) is 4.40. The smallest absolute Gasteiger partial charge is 0.305 e. The summed E-state index contributed by atoms with van der Waals surface area (Å²) in [7, 11) is -4.00. The Labute approximate surface area is 129 Å². The molecule has 0 aliphatic rings. The fourth-order valence-corrected chi connectivity index (χ4v) is 4.08. The molecule has 0 aliphatic carbocycles. The molecule has 9 heteroatoms. The number of hydrogen-bond acceptors (Lipinski definition) is 4. The van der Waals surface area contributed by atoms with Gasteiger partial charge < -0.3 is 5.11 Å². The third-order valence-electron chi connectivity index (χ3n) is 2.82. The summed E-state index contributed by atoms with van der Waals surface area (Å²) in [6, 6.07) is 2.53. The second kappa shape index (κ2) is 6.51. The van der Waals surface area contributed by atoms with Crippen molar-refractivity contribution in [3.63, 3.8) is 0 Å². The van der Waals surface area contributed by atoms with E-state index in [2.05, 4.69) is 4.72 Å². The summed E-state index contributed by atoms with van der Waals surface area (Å²) in [4.78, 5) is 10.9. The van der Waals surface area contributed by atoms with E-state index in [0.717, 1.165) is 23.5 Å². The molecule has 2 N–H and O–H groups in total. The Morgan fingerprint density at radius 1 is 1.32 bits per heavy atom. The van der Waals surface area contributed by atoms with Gasteiger partial charge in [0.15, 0.2) is 0 Å². The topological polar surface area (TPSA) is 83.5 Å². The van der Waals surface area contributed by atoms with E-state index >= 15 is 0 Å². The van der Waals surface area contributed by atoms with Gasteiger partial charge in [-0.2, -0.15) is 11.3 Å². The molecule has 22 heavy (non-hydrogen) atoms. The van der Waals surface area contributed by atoms with Gasteiger partial charge in [0.2, 0.25) is 10.0 Å². The zero-order valence-corrected chi connectivity index (χ0v) is 12.6. The predicted octanol–water partition coefficient (Wildman–Crippen LogP) is 2.52. The quantitative estimate of drug-likeness (QED) is 0.841. The summed E-state index contributed by atoms with van der Waals surface area (Å²) in [6.45, 7) is 0. The van der Waals surface area contributed by atoms with Crippen LogP contribution in [0.1, 0.15) is 18.0 Å². The number of hydrogen-bond donors (Lipinski definition) is 2. The molecule has 0 bridgehead atoms. The lowest BCUT2D eigenvalue weighted by atomic mass is 10.0. The van der Waals surface area contributed by atoms with E-state index in [-0.39, 0.29) is 10.5 Å². The van der Waals surface area contributed by atoms with Crippen LogP contribution >= 0.6 is 11.3 Å². The number of nitrogens with one attached hydrogen (secondary N) is 1. The van der Waals surface area contributed by atoms with Crippen LogP contribution in [0.15, 0.2) is 39.9 Å². The maximum absolute atomic E-state index is 13.8. The van der Waals surface area contributed by atoms with Gasteiger partial charge in [-0.05, 0) is 17.5 Å². The lowest BCUT2D eigenvalue weighted by Gasteiger charge is -2.17. The molecule has 1 aromatic heterocycles. The van der Waals surface area contributed by atoms with Crippen LogP contribution in [0.25, 0.3) is 0 Å². The van der Waals surface area contributed by atoms with Crippen molar-refractivity contribution in [2.45, 2.75) is 17.4 Å². The first-order chi connectivity index (χ1) is 10.3. The number of thiophene rings is 1. The maximum Gasteiger partial charge on any atom is 0.305 e. The number of aliphatic carboxylic acids is 1. The van der Waals surface area contributed by atoms with E-state index in [0.29, 0.717) is 6.07 Å². The number of rotatable bonds is 6. The Morgan fingerprint density at radius 3 is 2.59 bits per heavy atom. The normalized spacial score (nSPS) is 13.0. The van der Waals surface area contributed by atoms with Crippen LogP contribution in [0.5, 0.6) is 0 Å². The Bertz CT molecular complexity index is 775. The van der Waals surface area contributed by atoms with Crippen molar-refractivity contribution < 1.29 is 27.1 Å². The molecule has 1 atom stereocenters. The van der Waals surface area contributed by atoms with Crippen molar-refractivity contribution in [1.29, 1.82) is 0 Å². The standard InChI is InChI=1S/C13H11F2NO4S2/c14-8-1-2-10(11(15)5-8)12(6-13(17)18)16-22(19,20)9-3-4-21-7-9/h1-5,7,12,16H,6H2,(H,17,18)/t12-/m0/s1. The van der Waals surface area contributed by atoms with Crippen LogP contribution in [0.3, 0.4) is 0 Å². The van der Waals surface area contributed by atoms with Crippen LogP contribution in [-0.4, -0.2) is 19.5 Å². The van der Waals surface area contributed by atoms with Crippen molar-refractivity contribution in [1.82, 2.24) is 4.72 Å². The van der Waals surface area contributed by atoms with Gasteiger partial charge >= 0.3 is 5.97 Å². The SMILES string of the molecule is O=C(O)C[C@H](NS(=O)(=O)c1ccsc1)c1ccc(F)cc1F. The van der Waals surface area contributed by atoms with Gasteiger partial charge in [-0.1, -0.05) is 6.07 Å². The molecule has 118 valence electrons. The zero-order valence-electron chi connectivity index (χ0n) is 11.0. The molecule has 5 nitrogen and oxygen atoms in total. The molecular weight excluding hydrogens is 336 g/mol. The highest BCUT2D eigenvalue weighted by atomic mass is 32.2. The molecule has 1 heterocycles. The molecule has 0 spiro atoms. The number of halogens is 2. The van der Waals surface area contributed by atoms with Gasteiger partial charge in [-0.15, -0.1) is 0 Å². The van der Waals surface area contributed by atoms with Gasteiger partial charge in [0, 0.05) is 17.0 Å². The van der Waals surface area contributed by atoms with Gasteiger partial charge in [-0.25, -0.2) is 21.9 Å². The molecule has 0 radical (unpaired) electrons. The molecule has 0 aliphatic heterocycles. The maximum atomic E-state index is 13.8. The van der Waals surface area contributed by atoms with Gasteiger partial charge in [0.25, 0.3) is 0 Å². The summed E-state index contributed by atoms with van der Waals surface area (Å²) < 4.78 is 53.2. The summed E-state index contributed by atoms with van der Waals surface area (Å²) >= 11 is 1.15. The molecule has 0 amide bonds. The van der Waals surface area contributed by atoms with E-state index < -0.39 is 40.1 Å². The summed E-state index contributed by atoms with van der Waals surface area (Å²) in [5.74, 6) is -3.17. The van der Waals surface area contributed by atoms with E-state index in [4.69, 9.17) is 5.11 Å². The van der Waals surface area contributed by atoms with Crippen LogP contribution in [0.2, 0.25) is 0 Å². The number of sulfonamides is 1. The Balaban J connectivity index is 2.37. The summed E-state index contributed by atoms with van der Waals surface area (Å²) in [5.41, 5.74) is -0.234. The van der Waals surface area contributed by atoms with E-state index in [9.17, 15) is 22.0 Å².